The van der Waals surface area contributed by atoms with Crippen LogP contribution in [-0.4, -0.2) is 17.0 Å². The first-order chi connectivity index (χ1) is 10.6. The van der Waals surface area contributed by atoms with Crippen LogP contribution in [0.5, 0.6) is 0 Å². The van der Waals surface area contributed by atoms with Gasteiger partial charge in [-0.05, 0) is 36.1 Å². The van der Waals surface area contributed by atoms with Crippen LogP contribution in [0.1, 0.15) is 31.4 Å². The maximum absolute atomic E-state index is 12.3. The Bertz CT molecular complexity index is 720. The van der Waals surface area contributed by atoms with Crippen LogP contribution in [-0.2, 0) is 9.59 Å². The number of fused-ring (bicyclic) bond motifs is 1. The van der Waals surface area contributed by atoms with E-state index in [1.165, 1.54) is 0 Å². The molecule has 0 bridgehead atoms. The molecule has 22 heavy (non-hydrogen) atoms. The molecule has 1 amide bonds. The molecule has 1 aliphatic rings. The van der Waals surface area contributed by atoms with Gasteiger partial charge in [0.25, 0.3) is 0 Å². The lowest BCUT2D eigenvalue weighted by molar-refractivity contribution is -0.152. The molecule has 3 unspecified atom stereocenters. The van der Waals surface area contributed by atoms with Gasteiger partial charge >= 0.3 is 5.97 Å². The highest BCUT2D eigenvalue weighted by atomic mass is 16.4. The van der Waals surface area contributed by atoms with Crippen LogP contribution in [0, 0.1) is 11.8 Å². The lowest BCUT2D eigenvalue weighted by Gasteiger charge is -2.33. The molecule has 3 atom stereocenters. The molecular weight excluding hydrogens is 278 g/mol. The van der Waals surface area contributed by atoms with Crippen LogP contribution < -0.4 is 5.32 Å². The minimum absolute atomic E-state index is 0.145. The molecule has 0 aliphatic heterocycles. The molecule has 3 rings (SSSR count). The highest BCUT2D eigenvalue weighted by Gasteiger charge is 2.41. The molecule has 0 aromatic heterocycles. The van der Waals surface area contributed by atoms with Crippen molar-refractivity contribution in [3.05, 3.63) is 48.0 Å². The van der Waals surface area contributed by atoms with Crippen LogP contribution in [0.25, 0.3) is 10.8 Å². The van der Waals surface area contributed by atoms with Crippen molar-refractivity contribution < 1.29 is 14.7 Å². The molecule has 1 aliphatic carbocycles. The molecule has 2 aromatic carbocycles. The predicted molar refractivity (Wildman–Crippen MR) is 84.4 cm³/mol. The number of carboxylic acid groups (broad SMARTS) is 1. The smallest absolute Gasteiger partial charge is 0.307 e. The average molecular weight is 297 g/mol. The van der Waals surface area contributed by atoms with E-state index in [-0.39, 0.29) is 11.9 Å². The SMILES string of the molecule is CC(NC(=O)C1CCC1C(=O)O)c1cccc2ccccc12. The number of benzene rings is 2. The molecule has 1 fully saturated rings. The van der Waals surface area contributed by atoms with Crippen molar-refractivity contribution in [2.75, 3.05) is 0 Å². The van der Waals surface area contributed by atoms with Crippen LogP contribution in [0.2, 0.25) is 0 Å². The van der Waals surface area contributed by atoms with Gasteiger partial charge in [0.05, 0.1) is 17.9 Å². The predicted octanol–water partition coefficient (Wildman–Crippen LogP) is 3.13. The van der Waals surface area contributed by atoms with E-state index in [2.05, 4.69) is 5.32 Å². The maximum Gasteiger partial charge on any atom is 0.307 e. The normalized spacial score (nSPS) is 21.9. The Hall–Kier alpha value is -2.36. The first kappa shape index (κ1) is 14.6. The summed E-state index contributed by atoms with van der Waals surface area (Å²) >= 11 is 0. The van der Waals surface area contributed by atoms with Gasteiger partial charge in [-0.1, -0.05) is 42.5 Å². The van der Waals surface area contributed by atoms with Gasteiger partial charge in [-0.25, -0.2) is 0 Å². The van der Waals surface area contributed by atoms with Crippen LogP contribution >= 0.6 is 0 Å². The van der Waals surface area contributed by atoms with Gasteiger partial charge < -0.3 is 10.4 Å². The van der Waals surface area contributed by atoms with Crippen molar-refractivity contribution >= 4 is 22.6 Å². The second-order valence-electron chi connectivity index (χ2n) is 5.93. The summed E-state index contributed by atoms with van der Waals surface area (Å²) in [5.74, 6) is -1.95. The van der Waals surface area contributed by atoms with Crippen molar-refractivity contribution in [3.8, 4) is 0 Å². The van der Waals surface area contributed by atoms with E-state index in [1.807, 2.05) is 49.4 Å². The summed E-state index contributed by atoms with van der Waals surface area (Å²) in [6.07, 6.45) is 1.25. The fourth-order valence-electron chi connectivity index (χ4n) is 3.14. The lowest BCUT2D eigenvalue weighted by atomic mass is 9.73. The Kier molecular flexibility index (Phi) is 3.84. The van der Waals surface area contributed by atoms with Gasteiger partial charge in [-0.2, -0.15) is 0 Å². The number of carbonyl (C=O) groups excluding carboxylic acids is 1. The minimum atomic E-state index is -0.871. The van der Waals surface area contributed by atoms with Crippen molar-refractivity contribution in [1.29, 1.82) is 0 Å². The average Bonchev–Trinajstić information content (AvgIpc) is 2.44. The highest BCUT2D eigenvalue weighted by Crippen LogP contribution is 2.35. The molecule has 1 saturated carbocycles. The zero-order chi connectivity index (χ0) is 15.7. The highest BCUT2D eigenvalue weighted by molar-refractivity contribution is 5.89. The van der Waals surface area contributed by atoms with Crippen molar-refractivity contribution in [1.82, 2.24) is 5.32 Å². The number of aliphatic carboxylic acids is 1. The van der Waals surface area contributed by atoms with Crippen molar-refractivity contribution in [3.63, 3.8) is 0 Å². The molecule has 4 heteroatoms. The van der Waals surface area contributed by atoms with E-state index in [0.717, 1.165) is 16.3 Å². The third-order valence-electron chi connectivity index (χ3n) is 4.58. The van der Waals surface area contributed by atoms with E-state index in [1.54, 1.807) is 0 Å². The van der Waals surface area contributed by atoms with Crippen molar-refractivity contribution in [2.24, 2.45) is 11.8 Å². The van der Waals surface area contributed by atoms with Gasteiger partial charge in [-0.3, -0.25) is 9.59 Å². The Labute approximate surface area is 129 Å². The molecule has 2 N–H and O–H groups in total. The lowest BCUT2D eigenvalue weighted by Crippen LogP contribution is -2.44. The van der Waals surface area contributed by atoms with E-state index in [0.29, 0.717) is 12.8 Å². The number of carboxylic acids is 1. The van der Waals surface area contributed by atoms with E-state index < -0.39 is 17.8 Å². The third-order valence-corrected chi connectivity index (χ3v) is 4.58. The Morgan fingerprint density at radius 3 is 2.45 bits per heavy atom. The standard InChI is InChI=1S/C18H19NO3/c1-11(19-17(20)15-9-10-16(15)18(21)22)13-8-4-6-12-5-2-3-7-14(12)13/h2-8,11,15-16H,9-10H2,1H3,(H,19,20)(H,21,22). The zero-order valence-corrected chi connectivity index (χ0v) is 12.5. The van der Waals surface area contributed by atoms with Gasteiger partial charge in [0.2, 0.25) is 5.91 Å². The van der Waals surface area contributed by atoms with E-state index >= 15 is 0 Å². The van der Waals surface area contributed by atoms with Gasteiger partial charge in [0, 0.05) is 0 Å². The Morgan fingerprint density at radius 2 is 1.77 bits per heavy atom. The van der Waals surface area contributed by atoms with Gasteiger partial charge in [0.15, 0.2) is 0 Å². The maximum atomic E-state index is 12.3. The Balaban J connectivity index is 1.78. The van der Waals surface area contributed by atoms with Crippen LogP contribution in [0.3, 0.4) is 0 Å². The first-order valence-electron chi connectivity index (χ1n) is 7.59. The number of amides is 1. The topological polar surface area (TPSA) is 66.4 Å². The summed E-state index contributed by atoms with van der Waals surface area (Å²) in [4.78, 5) is 23.3. The molecule has 0 spiro atoms. The number of carbonyl (C=O) groups is 2. The third kappa shape index (κ3) is 2.56. The zero-order valence-electron chi connectivity index (χ0n) is 12.5. The van der Waals surface area contributed by atoms with Crippen LogP contribution in [0.15, 0.2) is 42.5 Å². The summed E-state index contributed by atoms with van der Waals surface area (Å²) < 4.78 is 0. The van der Waals surface area contributed by atoms with E-state index in [4.69, 9.17) is 5.11 Å². The molecule has 0 radical (unpaired) electrons. The molecular formula is C18H19NO3. The number of hydrogen-bond acceptors (Lipinski definition) is 2. The quantitative estimate of drug-likeness (QED) is 0.911. The number of rotatable bonds is 4. The molecule has 114 valence electrons. The molecule has 0 saturated heterocycles. The summed E-state index contributed by atoms with van der Waals surface area (Å²) in [5.41, 5.74) is 1.05. The summed E-state index contributed by atoms with van der Waals surface area (Å²) in [5, 5.41) is 14.3. The largest absolute Gasteiger partial charge is 0.481 e. The van der Waals surface area contributed by atoms with Crippen LogP contribution in [0.4, 0.5) is 0 Å². The summed E-state index contributed by atoms with van der Waals surface area (Å²) in [6, 6.07) is 13.9. The number of hydrogen-bond donors (Lipinski definition) is 2. The second-order valence-corrected chi connectivity index (χ2v) is 5.93. The van der Waals surface area contributed by atoms with Crippen molar-refractivity contribution in [2.45, 2.75) is 25.8 Å². The molecule has 0 heterocycles. The molecule has 4 nitrogen and oxygen atoms in total. The fraction of sp³-hybridized carbons (Fsp3) is 0.333. The number of nitrogens with one attached hydrogen (secondary N) is 1. The fourth-order valence-corrected chi connectivity index (χ4v) is 3.14. The van der Waals surface area contributed by atoms with E-state index in [9.17, 15) is 9.59 Å². The first-order valence-corrected chi connectivity index (χ1v) is 7.59. The van der Waals surface area contributed by atoms with Gasteiger partial charge in [0.1, 0.15) is 0 Å². The van der Waals surface area contributed by atoms with Gasteiger partial charge in [-0.15, -0.1) is 0 Å². The molecule has 2 aromatic rings. The minimum Gasteiger partial charge on any atom is -0.481 e. The summed E-state index contributed by atoms with van der Waals surface area (Å²) in [6.45, 7) is 1.94. The summed E-state index contributed by atoms with van der Waals surface area (Å²) in [7, 11) is 0. The Morgan fingerprint density at radius 1 is 1.09 bits per heavy atom. The monoisotopic (exact) mass is 297 g/mol. The second kappa shape index (κ2) is 5.79.